The molecule has 2 aromatic carbocycles. The summed E-state index contributed by atoms with van der Waals surface area (Å²) in [5.74, 6) is 0.435. The van der Waals surface area contributed by atoms with Gasteiger partial charge < -0.3 is 14.8 Å². The largest absolute Gasteiger partial charge is 0.493 e. The molecule has 0 aromatic heterocycles. The number of nitrogens with one attached hydrogen (secondary N) is 3. The summed E-state index contributed by atoms with van der Waals surface area (Å²) in [5, 5.41) is 3.62. The number of hydrogen-bond acceptors (Lipinski definition) is 4. The zero-order valence-corrected chi connectivity index (χ0v) is 17.5. The van der Waals surface area contributed by atoms with Gasteiger partial charge in [-0.1, -0.05) is 55.3 Å². The Morgan fingerprint density at radius 2 is 1.93 bits per heavy atom. The number of hydrazine groups is 1. The Morgan fingerprint density at radius 3 is 2.61 bits per heavy atom. The van der Waals surface area contributed by atoms with Crippen molar-refractivity contribution in [1.82, 2.24) is 16.2 Å². The zero-order valence-electron chi connectivity index (χ0n) is 15.9. The summed E-state index contributed by atoms with van der Waals surface area (Å²) in [6.45, 7) is 3.15. The maximum atomic E-state index is 12.4. The number of hydrogen-bond donors (Lipinski definition) is 3. The van der Waals surface area contributed by atoms with Crippen LogP contribution >= 0.6 is 23.8 Å². The quantitative estimate of drug-likeness (QED) is 0.342. The minimum Gasteiger partial charge on any atom is -0.493 e. The van der Waals surface area contributed by atoms with E-state index >= 15 is 0 Å². The Kier molecular flexibility index (Phi) is 8.84. The number of thiocarbonyl (C=S) groups is 1. The molecule has 1 amide bonds. The number of methoxy groups -OCH3 is 1. The fourth-order valence-electron chi connectivity index (χ4n) is 2.32. The number of halogens is 1. The molecule has 2 aromatic rings. The van der Waals surface area contributed by atoms with Gasteiger partial charge in [0.15, 0.2) is 16.6 Å². The topological polar surface area (TPSA) is 71.6 Å². The van der Waals surface area contributed by atoms with E-state index in [1.54, 1.807) is 6.07 Å². The average molecular weight is 422 g/mol. The average Bonchev–Trinajstić information content (AvgIpc) is 2.72. The minimum atomic E-state index is -0.399. The Balaban J connectivity index is 1.92. The van der Waals surface area contributed by atoms with Crippen LogP contribution in [0.4, 0.5) is 0 Å². The van der Waals surface area contributed by atoms with E-state index in [2.05, 4.69) is 23.1 Å². The predicted octanol–water partition coefficient (Wildman–Crippen LogP) is 3.84. The highest BCUT2D eigenvalue weighted by molar-refractivity contribution is 7.80. The third-order valence-corrected chi connectivity index (χ3v) is 4.35. The number of benzene rings is 2. The van der Waals surface area contributed by atoms with Crippen molar-refractivity contribution in [1.29, 1.82) is 0 Å². The van der Waals surface area contributed by atoms with E-state index in [1.807, 2.05) is 30.3 Å². The van der Waals surface area contributed by atoms with Crippen LogP contribution in [0.1, 0.15) is 35.7 Å². The molecule has 3 N–H and O–H groups in total. The first-order valence-corrected chi connectivity index (χ1v) is 9.72. The highest BCUT2D eigenvalue weighted by Crippen LogP contribution is 2.36. The zero-order chi connectivity index (χ0) is 20.4. The van der Waals surface area contributed by atoms with E-state index < -0.39 is 5.91 Å². The third kappa shape index (κ3) is 6.58. The SMILES string of the molecule is CCCCOc1c(Cl)cc(C(=O)NNC(=S)NCc2ccccc2)cc1OC. The van der Waals surface area contributed by atoms with Gasteiger partial charge in [-0.15, -0.1) is 0 Å². The normalized spacial score (nSPS) is 10.1. The molecule has 150 valence electrons. The lowest BCUT2D eigenvalue weighted by atomic mass is 10.2. The lowest BCUT2D eigenvalue weighted by Gasteiger charge is -2.15. The maximum absolute atomic E-state index is 12.4. The van der Waals surface area contributed by atoms with Crippen molar-refractivity contribution in [3.8, 4) is 11.5 Å². The Hall–Kier alpha value is -2.51. The monoisotopic (exact) mass is 421 g/mol. The van der Waals surface area contributed by atoms with Gasteiger partial charge in [0.05, 0.1) is 18.7 Å². The molecule has 0 bridgehead atoms. The first kappa shape index (κ1) is 21.8. The van der Waals surface area contributed by atoms with Crippen molar-refractivity contribution in [3.05, 3.63) is 58.6 Å². The molecule has 2 rings (SSSR count). The summed E-state index contributed by atoms with van der Waals surface area (Å²) in [4.78, 5) is 12.4. The van der Waals surface area contributed by atoms with Gasteiger partial charge in [0.2, 0.25) is 0 Å². The van der Waals surface area contributed by atoms with Gasteiger partial charge in [0, 0.05) is 12.1 Å². The fourth-order valence-corrected chi connectivity index (χ4v) is 2.71. The number of carbonyl (C=O) groups excluding carboxylic acids is 1. The van der Waals surface area contributed by atoms with Crippen LogP contribution in [0.5, 0.6) is 11.5 Å². The van der Waals surface area contributed by atoms with Gasteiger partial charge in [-0.25, -0.2) is 0 Å². The number of amides is 1. The second-order valence-corrected chi connectivity index (χ2v) is 6.75. The maximum Gasteiger partial charge on any atom is 0.269 e. The molecular formula is C20H24ClN3O3S. The molecule has 6 nitrogen and oxygen atoms in total. The second-order valence-electron chi connectivity index (χ2n) is 5.94. The fraction of sp³-hybridized carbons (Fsp3) is 0.300. The molecule has 0 atom stereocenters. The summed E-state index contributed by atoms with van der Waals surface area (Å²) >= 11 is 11.4. The van der Waals surface area contributed by atoms with E-state index in [-0.39, 0.29) is 0 Å². The third-order valence-electron chi connectivity index (χ3n) is 3.82. The molecule has 0 saturated heterocycles. The minimum absolute atomic E-state index is 0.301. The standard InChI is InChI=1S/C20H24ClN3O3S/c1-3-4-10-27-18-16(21)11-15(12-17(18)26-2)19(25)23-24-20(28)22-13-14-8-6-5-7-9-14/h5-9,11-12H,3-4,10,13H2,1-2H3,(H,23,25)(H2,22,24,28). The number of unbranched alkanes of at least 4 members (excludes halogenated alkanes) is 1. The Bertz CT molecular complexity index is 803. The van der Waals surface area contributed by atoms with Crippen molar-refractivity contribution in [3.63, 3.8) is 0 Å². The molecule has 0 fully saturated rings. The molecule has 8 heteroatoms. The molecule has 0 heterocycles. The van der Waals surface area contributed by atoms with Crippen LogP contribution in [-0.4, -0.2) is 24.7 Å². The molecule has 0 radical (unpaired) electrons. The van der Waals surface area contributed by atoms with E-state index in [4.69, 9.17) is 33.3 Å². The second kappa shape index (κ2) is 11.4. The van der Waals surface area contributed by atoms with Gasteiger partial charge in [0.1, 0.15) is 0 Å². The number of carbonyl (C=O) groups is 1. The molecular weight excluding hydrogens is 398 g/mol. The molecule has 0 unspecified atom stereocenters. The summed E-state index contributed by atoms with van der Waals surface area (Å²) in [6, 6.07) is 12.9. The Morgan fingerprint density at radius 1 is 1.18 bits per heavy atom. The lowest BCUT2D eigenvalue weighted by Crippen LogP contribution is -2.46. The van der Waals surface area contributed by atoms with Gasteiger partial charge in [0.25, 0.3) is 5.91 Å². The summed E-state index contributed by atoms with van der Waals surface area (Å²) in [5.41, 5.74) is 6.61. The van der Waals surface area contributed by atoms with E-state index in [9.17, 15) is 4.79 Å². The van der Waals surface area contributed by atoms with Crippen LogP contribution < -0.4 is 25.6 Å². The molecule has 0 saturated carbocycles. The molecule has 0 aliphatic rings. The van der Waals surface area contributed by atoms with Crippen molar-refractivity contribution < 1.29 is 14.3 Å². The van der Waals surface area contributed by atoms with Crippen molar-refractivity contribution in [2.24, 2.45) is 0 Å². The predicted molar refractivity (Wildman–Crippen MR) is 115 cm³/mol. The van der Waals surface area contributed by atoms with Crippen LogP contribution in [0, 0.1) is 0 Å². The summed E-state index contributed by atoms with van der Waals surface area (Å²) in [6.07, 6.45) is 1.91. The summed E-state index contributed by atoms with van der Waals surface area (Å²) < 4.78 is 11.0. The van der Waals surface area contributed by atoms with E-state index in [0.717, 1.165) is 18.4 Å². The first-order chi connectivity index (χ1) is 13.5. The van der Waals surface area contributed by atoms with E-state index in [0.29, 0.717) is 40.3 Å². The Labute approximate surface area is 175 Å². The van der Waals surface area contributed by atoms with Crippen molar-refractivity contribution >= 4 is 34.8 Å². The van der Waals surface area contributed by atoms with Crippen molar-refractivity contribution in [2.75, 3.05) is 13.7 Å². The smallest absolute Gasteiger partial charge is 0.269 e. The van der Waals surface area contributed by atoms with Crippen LogP contribution in [0.15, 0.2) is 42.5 Å². The van der Waals surface area contributed by atoms with Crippen LogP contribution in [0.3, 0.4) is 0 Å². The molecule has 0 spiro atoms. The first-order valence-electron chi connectivity index (χ1n) is 8.93. The molecule has 28 heavy (non-hydrogen) atoms. The summed E-state index contributed by atoms with van der Waals surface area (Å²) in [7, 11) is 1.50. The van der Waals surface area contributed by atoms with Gasteiger partial charge in [-0.3, -0.25) is 15.6 Å². The molecule has 0 aliphatic heterocycles. The van der Waals surface area contributed by atoms with Crippen LogP contribution in [-0.2, 0) is 6.54 Å². The van der Waals surface area contributed by atoms with Crippen molar-refractivity contribution in [2.45, 2.75) is 26.3 Å². The highest BCUT2D eigenvalue weighted by atomic mass is 35.5. The molecule has 0 aliphatic carbocycles. The van der Waals surface area contributed by atoms with Gasteiger partial charge in [-0.2, -0.15) is 0 Å². The lowest BCUT2D eigenvalue weighted by molar-refractivity contribution is 0.0943. The highest BCUT2D eigenvalue weighted by Gasteiger charge is 2.16. The van der Waals surface area contributed by atoms with E-state index in [1.165, 1.54) is 13.2 Å². The van der Waals surface area contributed by atoms with Gasteiger partial charge >= 0.3 is 0 Å². The number of ether oxygens (including phenoxy) is 2. The van der Waals surface area contributed by atoms with Gasteiger partial charge in [-0.05, 0) is 36.3 Å². The number of rotatable bonds is 8. The van der Waals surface area contributed by atoms with Crippen LogP contribution in [0.2, 0.25) is 5.02 Å². The van der Waals surface area contributed by atoms with Crippen LogP contribution in [0.25, 0.3) is 0 Å².